The summed E-state index contributed by atoms with van der Waals surface area (Å²) in [6.45, 7) is 7.93. The number of amides is 1. The standard InChI is InChI=1S/C11H20N4O2/c1-8(2)15(9(3)4)11(17)6-14-5-10(7-16)12-13-14/h5,8-9,16H,6-7H2,1-4H3. The molecule has 6 nitrogen and oxygen atoms in total. The molecule has 0 aromatic carbocycles. The summed E-state index contributed by atoms with van der Waals surface area (Å²) < 4.78 is 1.45. The molecule has 96 valence electrons. The van der Waals surface area contributed by atoms with Gasteiger partial charge in [0, 0.05) is 12.1 Å². The summed E-state index contributed by atoms with van der Waals surface area (Å²) in [5.41, 5.74) is 0.471. The molecule has 1 aromatic heterocycles. The lowest BCUT2D eigenvalue weighted by atomic mass is 10.2. The lowest BCUT2D eigenvalue weighted by molar-refractivity contribution is -0.135. The Morgan fingerprint density at radius 1 is 1.41 bits per heavy atom. The monoisotopic (exact) mass is 240 g/mol. The minimum absolute atomic E-state index is 0.00406. The molecule has 0 saturated heterocycles. The molecule has 0 fully saturated rings. The largest absolute Gasteiger partial charge is 0.390 e. The van der Waals surface area contributed by atoms with Crippen molar-refractivity contribution in [1.29, 1.82) is 0 Å². The maximum atomic E-state index is 12.1. The van der Waals surface area contributed by atoms with Gasteiger partial charge in [-0.05, 0) is 27.7 Å². The van der Waals surface area contributed by atoms with Crippen LogP contribution in [0.15, 0.2) is 6.20 Å². The second-order valence-corrected chi connectivity index (χ2v) is 4.55. The Balaban J connectivity index is 2.70. The number of rotatable bonds is 5. The van der Waals surface area contributed by atoms with Crippen LogP contribution in [0.25, 0.3) is 0 Å². The fourth-order valence-electron chi connectivity index (χ4n) is 1.88. The highest BCUT2D eigenvalue weighted by atomic mass is 16.3. The van der Waals surface area contributed by atoms with E-state index in [1.807, 2.05) is 27.7 Å². The van der Waals surface area contributed by atoms with Gasteiger partial charge in [-0.15, -0.1) is 5.10 Å². The average molecular weight is 240 g/mol. The first-order valence-corrected chi connectivity index (χ1v) is 5.76. The van der Waals surface area contributed by atoms with E-state index in [9.17, 15) is 4.79 Å². The molecule has 0 spiro atoms. The zero-order valence-electron chi connectivity index (χ0n) is 10.8. The molecule has 1 heterocycles. The second-order valence-electron chi connectivity index (χ2n) is 4.55. The fraction of sp³-hybridized carbons (Fsp3) is 0.727. The van der Waals surface area contributed by atoms with E-state index >= 15 is 0 Å². The van der Waals surface area contributed by atoms with E-state index < -0.39 is 0 Å². The van der Waals surface area contributed by atoms with Gasteiger partial charge in [-0.3, -0.25) is 4.79 Å². The Labute approximate surface area is 101 Å². The summed E-state index contributed by atoms with van der Waals surface area (Å²) in [6, 6.07) is 0.312. The van der Waals surface area contributed by atoms with Crippen molar-refractivity contribution in [3.8, 4) is 0 Å². The number of aliphatic hydroxyl groups is 1. The number of carbonyl (C=O) groups is 1. The van der Waals surface area contributed by atoms with Crippen molar-refractivity contribution in [2.45, 2.75) is 52.9 Å². The normalized spacial score (nSPS) is 11.2. The van der Waals surface area contributed by atoms with Crippen LogP contribution in [0.2, 0.25) is 0 Å². The summed E-state index contributed by atoms with van der Waals surface area (Å²) in [5.74, 6) is 0.00406. The molecule has 0 saturated carbocycles. The van der Waals surface area contributed by atoms with Gasteiger partial charge >= 0.3 is 0 Å². The molecule has 6 heteroatoms. The van der Waals surface area contributed by atoms with E-state index in [0.717, 1.165) is 0 Å². The first kappa shape index (κ1) is 13.6. The van der Waals surface area contributed by atoms with Crippen LogP contribution in [-0.2, 0) is 17.9 Å². The van der Waals surface area contributed by atoms with Gasteiger partial charge in [0.1, 0.15) is 12.2 Å². The van der Waals surface area contributed by atoms with E-state index in [-0.39, 0.29) is 31.1 Å². The molecule has 0 atom stereocenters. The summed E-state index contributed by atoms with van der Waals surface area (Å²) in [7, 11) is 0. The van der Waals surface area contributed by atoms with Crippen LogP contribution >= 0.6 is 0 Å². The van der Waals surface area contributed by atoms with Gasteiger partial charge in [0.05, 0.1) is 12.8 Å². The Hall–Kier alpha value is -1.43. The topological polar surface area (TPSA) is 71.2 Å². The van der Waals surface area contributed by atoms with Crippen LogP contribution in [0.4, 0.5) is 0 Å². The first-order chi connectivity index (χ1) is 7.95. The molecule has 1 aromatic rings. The zero-order valence-corrected chi connectivity index (χ0v) is 10.8. The molecule has 0 aliphatic heterocycles. The number of aliphatic hydroxyl groups excluding tert-OH is 1. The van der Waals surface area contributed by atoms with Crippen molar-refractivity contribution < 1.29 is 9.90 Å². The highest BCUT2D eigenvalue weighted by molar-refractivity contribution is 5.76. The Bertz CT molecular complexity index is 365. The molecular weight excluding hydrogens is 220 g/mol. The van der Waals surface area contributed by atoms with Gasteiger partial charge in [0.25, 0.3) is 0 Å². The van der Waals surface area contributed by atoms with Gasteiger partial charge in [-0.25, -0.2) is 4.68 Å². The molecule has 0 unspecified atom stereocenters. The highest BCUT2D eigenvalue weighted by Gasteiger charge is 2.20. The Morgan fingerprint density at radius 2 is 2.00 bits per heavy atom. The zero-order chi connectivity index (χ0) is 13.0. The Kier molecular flexibility index (Phi) is 4.62. The smallest absolute Gasteiger partial charge is 0.244 e. The van der Waals surface area contributed by atoms with Crippen molar-refractivity contribution in [2.75, 3.05) is 0 Å². The minimum Gasteiger partial charge on any atom is -0.390 e. The average Bonchev–Trinajstić information content (AvgIpc) is 2.64. The van der Waals surface area contributed by atoms with Gasteiger partial charge in [0.2, 0.25) is 5.91 Å². The van der Waals surface area contributed by atoms with Gasteiger partial charge in [-0.2, -0.15) is 0 Å². The van der Waals surface area contributed by atoms with Crippen molar-refractivity contribution >= 4 is 5.91 Å². The third kappa shape index (κ3) is 3.52. The summed E-state index contributed by atoms with van der Waals surface area (Å²) in [6.07, 6.45) is 1.58. The highest BCUT2D eigenvalue weighted by Crippen LogP contribution is 2.06. The summed E-state index contributed by atoms with van der Waals surface area (Å²) >= 11 is 0. The maximum Gasteiger partial charge on any atom is 0.244 e. The first-order valence-electron chi connectivity index (χ1n) is 5.76. The van der Waals surface area contributed by atoms with Crippen molar-refractivity contribution in [1.82, 2.24) is 19.9 Å². The number of hydrogen-bond acceptors (Lipinski definition) is 4. The Morgan fingerprint density at radius 3 is 2.41 bits per heavy atom. The minimum atomic E-state index is -0.160. The van der Waals surface area contributed by atoms with E-state index in [1.54, 1.807) is 11.1 Å². The molecule has 17 heavy (non-hydrogen) atoms. The van der Waals surface area contributed by atoms with Crippen LogP contribution in [0.1, 0.15) is 33.4 Å². The fourth-order valence-corrected chi connectivity index (χ4v) is 1.88. The predicted molar refractivity (Wildman–Crippen MR) is 63.1 cm³/mol. The molecule has 0 aliphatic carbocycles. The molecule has 1 N–H and O–H groups in total. The quantitative estimate of drug-likeness (QED) is 0.809. The molecular formula is C11H20N4O2. The lowest BCUT2D eigenvalue weighted by Crippen LogP contribution is -2.43. The summed E-state index contributed by atoms with van der Waals surface area (Å²) in [4.78, 5) is 13.9. The van der Waals surface area contributed by atoms with Crippen molar-refractivity contribution in [3.05, 3.63) is 11.9 Å². The maximum absolute atomic E-state index is 12.1. The van der Waals surface area contributed by atoms with Gasteiger partial charge in [-0.1, -0.05) is 5.21 Å². The number of hydrogen-bond donors (Lipinski definition) is 1. The third-order valence-corrected chi connectivity index (χ3v) is 2.45. The molecule has 0 aliphatic rings. The molecule has 0 radical (unpaired) electrons. The second kappa shape index (κ2) is 5.77. The molecule has 1 rings (SSSR count). The van der Waals surface area contributed by atoms with E-state index in [1.165, 1.54) is 4.68 Å². The van der Waals surface area contributed by atoms with Crippen LogP contribution in [0.3, 0.4) is 0 Å². The third-order valence-electron chi connectivity index (χ3n) is 2.45. The van der Waals surface area contributed by atoms with Gasteiger partial charge in [0.15, 0.2) is 0 Å². The van der Waals surface area contributed by atoms with E-state index in [2.05, 4.69) is 10.3 Å². The molecule has 1 amide bonds. The van der Waals surface area contributed by atoms with Crippen LogP contribution < -0.4 is 0 Å². The lowest BCUT2D eigenvalue weighted by Gasteiger charge is -2.30. The predicted octanol–water partition coefficient (Wildman–Crippen LogP) is 0.416. The van der Waals surface area contributed by atoms with Gasteiger partial charge < -0.3 is 10.0 Å². The summed E-state index contributed by atoms with van der Waals surface area (Å²) in [5, 5.41) is 16.4. The van der Waals surface area contributed by atoms with Crippen LogP contribution in [0.5, 0.6) is 0 Å². The molecule has 0 bridgehead atoms. The number of aromatic nitrogens is 3. The van der Waals surface area contributed by atoms with Crippen molar-refractivity contribution in [2.24, 2.45) is 0 Å². The number of nitrogens with zero attached hydrogens (tertiary/aromatic N) is 4. The van der Waals surface area contributed by atoms with Crippen molar-refractivity contribution in [3.63, 3.8) is 0 Å². The van der Waals surface area contributed by atoms with Crippen LogP contribution in [-0.4, -0.2) is 43.0 Å². The van der Waals surface area contributed by atoms with E-state index in [0.29, 0.717) is 5.69 Å². The van der Waals surface area contributed by atoms with E-state index in [4.69, 9.17) is 5.11 Å². The SMILES string of the molecule is CC(C)N(C(=O)Cn1cc(CO)nn1)C(C)C. The van der Waals surface area contributed by atoms with Crippen LogP contribution in [0, 0.1) is 0 Å². The number of carbonyl (C=O) groups excluding carboxylic acids is 1.